The predicted molar refractivity (Wildman–Crippen MR) is 94.8 cm³/mol. The monoisotopic (exact) mass is 334 g/mol. The Balaban J connectivity index is 4.11. The van der Waals surface area contributed by atoms with Crippen LogP contribution in [0.25, 0.3) is 0 Å². The Morgan fingerprint density at radius 3 is 2.41 bits per heavy atom. The van der Waals surface area contributed by atoms with Crippen molar-refractivity contribution in [3.05, 3.63) is 0 Å². The molecule has 0 rings (SSSR count). The van der Waals surface area contributed by atoms with E-state index in [0.29, 0.717) is 13.1 Å². The number of hydrogen-bond acceptors (Lipinski definition) is 3. The van der Waals surface area contributed by atoms with E-state index in [1.165, 1.54) is 10.7 Å². The van der Waals surface area contributed by atoms with Crippen LogP contribution in [0.2, 0.25) is 0 Å². The predicted octanol–water partition coefficient (Wildman–Crippen LogP) is 1.65. The van der Waals surface area contributed by atoms with Crippen LogP contribution in [-0.4, -0.2) is 57.7 Å². The Labute approximate surface area is 136 Å². The average molecular weight is 335 g/mol. The van der Waals surface area contributed by atoms with Gasteiger partial charge >= 0.3 is 0 Å². The highest BCUT2D eigenvalue weighted by atomic mass is 32.2. The van der Waals surface area contributed by atoms with Crippen LogP contribution in [0.3, 0.4) is 0 Å². The fourth-order valence-corrected chi connectivity index (χ4v) is 2.75. The number of sulfonamides is 1. The molecule has 0 saturated heterocycles. The van der Waals surface area contributed by atoms with E-state index in [4.69, 9.17) is 0 Å². The highest BCUT2D eigenvalue weighted by Gasteiger charge is 2.13. The van der Waals surface area contributed by atoms with Crippen LogP contribution >= 0.6 is 0 Å². The van der Waals surface area contributed by atoms with Crippen molar-refractivity contribution >= 4 is 16.0 Å². The summed E-state index contributed by atoms with van der Waals surface area (Å²) in [6.45, 7) is 11.0. The van der Waals surface area contributed by atoms with Crippen LogP contribution in [0.1, 0.15) is 47.0 Å². The van der Waals surface area contributed by atoms with Gasteiger partial charge in [-0.25, -0.2) is 12.7 Å². The summed E-state index contributed by atoms with van der Waals surface area (Å²) in [6, 6.07) is 0. The molecule has 7 heteroatoms. The lowest BCUT2D eigenvalue weighted by atomic mass is 10.1. The van der Waals surface area contributed by atoms with Crippen molar-refractivity contribution in [2.45, 2.75) is 47.0 Å². The number of aliphatic imine (C=N–C) groups is 1. The van der Waals surface area contributed by atoms with Crippen LogP contribution in [-0.2, 0) is 10.0 Å². The van der Waals surface area contributed by atoms with Crippen LogP contribution in [0.15, 0.2) is 4.99 Å². The molecule has 0 radical (unpaired) electrons. The minimum Gasteiger partial charge on any atom is -0.357 e. The van der Waals surface area contributed by atoms with Gasteiger partial charge in [0, 0.05) is 33.2 Å². The summed E-state index contributed by atoms with van der Waals surface area (Å²) in [5, 5.41) is 6.52. The first-order chi connectivity index (χ1) is 10.3. The molecule has 22 heavy (non-hydrogen) atoms. The molecule has 0 aromatic rings. The van der Waals surface area contributed by atoms with Crippen LogP contribution in [0.4, 0.5) is 0 Å². The molecule has 0 heterocycles. The van der Waals surface area contributed by atoms with E-state index >= 15 is 0 Å². The lowest BCUT2D eigenvalue weighted by Crippen LogP contribution is -2.38. The zero-order valence-corrected chi connectivity index (χ0v) is 15.7. The lowest BCUT2D eigenvalue weighted by Gasteiger charge is -2.15. The second-order valence-corrected chi connectivity index (χ2v) is 8.16. The molecular formula is C15H34N4O2S. The second kappa shape index (κ2) is 11.7. The van der Waals surface area contributed by atoms with Gasteiger partial charge in [0.25, 0.3) is 0 Å². The van der Waals surface area contributed by atoms with Gasteiger partial charge in [-0.15, -0.1) is 0 Å². The van der Waals surface area contributed by atoms with Crippen molar-refractivity contribution in [3.8, 4) is 0 Å². The third-order valence-electron chi connectivity index (χ3n) is 3.34. The van der Waals surface area contributed by atoms with Gasteiger partial charge < -0.3 is 10.6 Å². The summed E-state index contributed by atoms with van der Waals surface area (Å²) in [4.78, 5) is 4.48. The number of rotatable bonds is 11. The van der Waals surface area contributed by atoms with E-state index in [0.717, 1.165) is 37.8 Å². The SMILES string of the molecule is CCNC(=NCCCN(C)S(=O)(=O)CC)NCCCC(C)C. The van der Waals surface area contributed by atoms with Crippen LogP contribution in [0, 0.1) is 5.92 Å². The normalized spacial score (nSPS) is 13.0. The Kier molecular flexibility index (Phi) is 11.3. The lowest BCUT2D eigenvalue weighted by molar-refractivity contribution is 0.464. The molecule has 0 aromatic carbocycles. The maximum atomic E-state index is 11.6. The number of nitrogens with one attached hydrogen (secondary N) is 2. The fourth-order valence-electron chi connectivity index (χ4n) is 1.90. The molecule has 0 aliphatic heterocycles. The second-order valence-electron chi connectivity index (χ2n) is 5.80. The Morgan fingerprint density at radius 1 is 1.18 bits per heavy atom. The topological polar surface area (TPSA) is 73.8 Å². The molecule has 0 amide bonds. The Morgan fingerprint density at radius 2 is 1.86 bits per heavy atom. The maximum absolute atomic E-state index is 11.6. The van der Waals surface area contributed by atoms with E-state index in [1.807, 2.05) is 6.92 Å². The molecule has 0 aliphatic carbocycles. The van der Waals surface area contributed by atoms with Crippen LogP contribution in [0.5, 0.6) is 0 Å². The minimum atomic E-state index is -3.08. The molecule has 0 atom stereocenters. The molecule has 0 saturated carbocycles. The summed E-state index contributed by atoms with van der Waals surface area (Å²) >= 11 is 0. The maximum Gasteiger partial charge on any atom is 0.213 e. The first-order valence-corrected chi connectivity index (χ1v) is 9.90. The zero-order valence-electron chi connectivity index (χ0n) is 14.9. The van der Waals surface area contributed by atoms with E-state index in [9.17, 15) is 8.42 Å². The van der Waals surface area contributed by atoms with Crippen molar-refractivity contribution < 1.29 is 8.42 Å². The molecular weight excluding hydrogens is 300 g/mol. The van der Waals surface area contributed by atoms with Gasteiger partial charge in [-0.1, -0.05) is 13.8 Å². The molecule has 2 N–H and O–H groups in total. The highest BCUT2D eigenvalue weighted by molar-refractivity contribution is 7.89. The third kappa shape index (κ3) is 10.00. The summed E-state index contributed by atoms with van der Waals surface area (Å²) in [5.74, 6) is 1.68. The zero-order chi connectivity index (χ0) is 17.0. The fraction of sp³-hybridized carbons (Fsp3) is 0.933. The van der Waals surface area contributed by atoms with E-state index < -0.39 is 10.0 Å². The molecule has 0 aliphatic rings. The molecule has 0 unspecified atom stereocenters. The van der Waals surface area contributed by atoms with E-state index in [1.54, 1.807) is 14.0 Å². The molecule has 132 valence electrons. The first kappa shape index (κ1) is 21.2. The third-order valence-corrected chi connectivity index (χ3v) is 5.20. The Bertz CT molecular complexity index is 408. The average Bonchev–Trinajstić information content (AvgIpc) is 2.47. The summed E-state index contributed by atoms with van der Waals surface area (Å²) in [5.41, 5.74) is 0. The van der Waals surface area contributed by atoms with Gasteiger partial charge in [0.15, 0.2) is 5.96 Å². The van der Waals surface area contributed by atoms with Gasteiger partial charge in [-0.2, -0.15) is 0 Å². The quantitative estimate of drug-likeness (QED) is 0.342. The van der Waals surface area contributed by atoms with Crippen molar-refractivity contribution in [1.82, 2.24) is 14.9 Å². The highest BCUT2D eigenvalue weighted by Crippen LogP contribution is 2.01. The van der Waals surface area contributed by atoms with Gasteiger partial charge in [0.1, 0.15) is 0 Å². The van der Waals surface area contributed by atoms with Crippen molar-refractivity contribution in [1.29, 1.82) is 0 Å². The van der Waals surface area contributed by atoms with Crippen LogP contribution < -0.4 is 10.6 Å². The van der Waals surface area contributed by atoms with Gasteiger partial charge in [0.05, 0.1) is 5.75 Å². The molecule has 0 fully saturated rings. The molecule has 0 spiro atoms. The smallest absolute Gasteiger partial charge is 0.213 e. The van der Waals surface area contributed by atoms with Crippen molar-refractivity contribution in [2.75, 3.05) is 39.0 Å². The minimum absolute atomic E-state index is 0.146. The summed E-state index contributed by atoms with van der Waals surface area (Å²) < 4.78 is 24.7. The van der Waals surface area contributed by atoms with Gasteiger partial charge in [0.2, 0.25) is 10.0 Å². The molecule has 6 nitrogen and oxygen atoms in total. The molecule has 0 bridgehead atoms. The van der Waals surface area contributed by atoms with Gasteiger partial charge in [-0.3, -0.25) is 4.99 Å². The van der Waals surface area contributed by atoms with E-state index in [-0.39, 0.29) is 5.75 Å². The van der Waals surface area contributed by atoms with Gasteiger partial charge in [-0.05, 0) is 39.0 Å². The largest absolute Gasteiger partial charge is 0.357 e. The molecule has 0 aromatic heterocycles. The summed E-state index contributed by atoms with van der Waals surface area (Å²) in [6.07, 6.45) is 3.05. The van der Waals surface area contributed by atoms with Crippen molar-refractivity contribution in [3.63, 3.8) is 0 Å². The van der Waals surface area contributed by atoms with E-state index in [2.05, 4.69) is 29.5 Å². The summed E-state index contributed by atoms with van der Waals surface area (Å²) in [7, 11) is -1.46. The standard InChI is InChI=1S/C15H34N4O2S/c1-6-16-15(17-11-8-10-14(3)4)18-12-9-13-19(5)22(20,21)7-2/h14H,6-13H2,1-5H3,(H2,16,17,18). The number of nitrogens with zero attached hydrogens (tertiary/aromatic N) is 2. The Hall–Kier alpha value is -0.820. The number of hydrogen-bond donors (Lipinski definition) is 2. The van der Waals surface area contributed by atoms with Crippen molar-refractivity contribution in [2.24, 2.45) is 10.9 Å². The first-order valence-electron chi connectivity index (χ1n) is 8.29. The number of guanidine groups is 1.